The molecule has 2 fully saturated rings. The van der Waals surface area contributed by atoms with E-state index in [1.165, 1.54) is 10.4 Å². The van der Waals surface area contributed by atoms with Crippen molar-refractivity contribution in [2.24, 2.45) is 5.92 Å². The molecule has 1 N–H and O–H groups in total. The lowest BCUT2D eigenvalue weighted by Gasteiger charge is -2.29. The van der Waals surface area contributed by atoms with Crippen LogP contribution in [0.2, 0.25) is 0 Å². The Kier molecular flexibility index (Phi) is 7.61. The van der Waals surface area contributed by atoms with Gasteiger partial charge in [-0.25, -0.2) is 12.8 Å². The Balaban J connectivity index is 1.59. The van der Waals surface area contributed by atoms with Gasteiger partial charge in [-0.1, -0.05) is 6.92 Å². The first-order chi connectivity index (χ1) is 13.9. The molecule has 2 aliphatic heterocycles. The van der Waals surface area contributed by atoms with Crippen molar-refractivity contribution in [1.82, 2.24) is 14.5 Å². The van der Waals surface area contributed by atoms with Crippen molar-refractivity contribution in [2.45, 2.75) is 31.1 Å². The molecule has 2 aliphatic rings. The Bertz CT molecular complexity index is 804. The monoisotopic (exact) mass is 427 g/mol. The highest BCUT2D eigenvalue weighted by Gasteiger charge is 2.29. The van der Waals surface area contributed by atoms with Crippen molar-refractivity contribution >= 4 is 15.9 Å². The molecule has 0 spiro atoms. The van der Waals surface area contributed by atoms with E-state index < -0.39 is 21.7 Å². The van der Waals surface area contributed by atoms with Crippen LogP contribution in [0.5, 0.6) is 0 Å². The van der Waals surface area contributed by atoms with Crippen molar-refractivity contribution in [1.29, 1.82) is 0 Å². The highest BCUT2D eigenvalue weighted by molar-refractivity contribution is 7.89. The molecule has 1 aromatic carbocycles. The summed E-state index contributed by atoms with van der Waals surface area (Å²) in [6.45, 7) is 7.40. The van der Waals surface area contributed by atoms with Gasteiger partial charge in [0.05, 0.1) is 23.7 Å². The van der Waals surface area contributed by atoms with E-state index in [-0.39, 0.29) is 10.5 Å². The molecule has 2 saturated heterocycles. The summed E-state index contributed by atoms with van der Waals surface area (Å²) < 4.78 is 46.7. The van der Waals surface area contributed by atoms with Gasteiger partial charge in [-0.05, 0) is 49.9 Å². The van der Waals surface area contributed by atoms with E-state index in [1.807, 2.05) is 0 Å². The van der Waals surface area contributed by atoms with Gasteiger partial charge in [-0.3, -0.25) is 9.69 Å². The van der Waals surface area contributed by atoms with Crippen molar-refractivity contribution in [3.8, 4) is 0 Å². The molecule has 0 aromatic heterocycles. The zero-order valence-electron chi connectivity index (χ0n) is 16.9. The number of carbonyl (C=O) groups is 1. The van der Waals surface area contributed by atoms with Crippen LogP contribution in [0.3, 0.4) is 0 Å². The third-order valence-electron chi connectivity index (χ3n) is 5.60. The molecule has 0 atom stereocenters. The van der Waals surface area contributed by atoms with E-state index in [0.29, 0.717) is 25.6 Å². The highest BCUT2D eigenvalue weighted by atomic mass is 32.2. The van der Waals surface area contributed by atoms with Crippen molar-refractivity contribution in [2.75, 3.05) is 52.5 Å². The number of hydrogen-bond acceptors (Lipinski definition) is 5. The molecule has 162 valence electrons. The van der Waals surface area contributed by atoms with Gasteiger partial charge >= 0.3 is 0 Å². The van der Waals surface area contributed by atoms with Crippen LogP contribution < -0.4 is 5.32 Å². The van der Waals surface area contributed by atoms with Crippen LogP contribution in [0.15, 0.2) is 23.1 Å². The lowest BCUT2D eigenvalue weighted by molar-refractivity contribution is 0.0374. The average molecular weight is 428 g/mol. The lowest BCUT2D eigenvalue weighted by atomic mass is 10.0. The molecule has 1 amide bonds. The van der Waals surface area contributed by atoms with E-state index in [1.54, 1.807) is 0 Å². The molecule has 9 heteroatoms. The molecule has 7 nitrogen and oxygen atoms in total. The van der Waals surface area contributed by atoms with Gasteiger partial charge in [0.2, 0.25) is 10.0 Å². The summed E-state index contributed by atoms with van der Waals surface area (Å²) in [6.07, 6.45) is 2.34. The molecule has 0 unspecified atom stereocenters. The van der Waals surface area contributed by atoms with E-state index in [2.05, 4.69) is 17.1 Å². The van der Waals surface area contributed by atoms with Gasteiger partial charge in [-0.15, -0.1) is 0 Å². The number of sulfonamides is 1. The number of carbonyl (C=O) groups excluding carboxylic acids is 1. The fourth-order valence-electron chi connectivity index (χ4n) is 3.64. The summed E-state index contributed by atoms with van der Waals surface area (Å²) in [5, 5.41) is 2.70. The maximum Gasteiger partial charge on any atom is 0.254 e. The van der Waals surface area contributed by atoms with E-state index in [4.69, 9.17) is 4.74 Å². The van der Waals surface area contributed by atoms with Crippen LogP contribution in [-0.2, 0) is 14.8 Å². The first-order valence-electron chi connectivity index (χ1n) is 10.3. The van der Waals surface area contributed by atoms with E-state index >= 15 is 0 Å². The molecular weight excluding hydrogens is 397 g/mol. The van der Waals surface area contributed by atoms with Crippen LogP contribution >= 0.6 is 0 Å². The molecule has 0 aliphatic carbocycles. The first-order valence-corrected chi connectivity index (χ1v) is 11.7. The number of piperidine rings is 1. The number of nitrogens with zero attached hydrogens (tertiary/aromatic N) is 2. The molecule has 0 saturated carbocycles. The SMILES string of the molecule is CC1CCN(S(=O)(=O)c2ccc(F)c(C(=O)NCCCN3CCOCC3)c2)CC1. The summed E-state index contributed by atoms with van der Waals surface area (Å²) in [5.74, 6) is -0.816. The fourth-order valence-corrected chi connectivity index (χ4v) is 5.13. The second-order valence-electron chi connectivity index (χ2n) is 7.79. The zero-order valence-corrected chi connectivity index (χ0v) is 17.7. The first kappa shape index (κ1) is 22.1. The Morgan fingerprint density at radius 3 is 2.59 bits per heavy atom. The maximum absolute atomic E-state index is 14.2. The van der Waals surface area contributed by atoms with Crippen LogP contribution in [0.1, 0.15) is 36.5 Å². The molecule has 0 radical (unpaired) electrons. The molecule has 3 rings (SSSR count). The third kappa shape index (κ3) is 5.75. The molecule has 0 bridgehead atoms. The second-order valence-corrected chi connectivity index (χ2v) is 9.73. The summed E-state index contributed by atoms with van der Waals surface area (Å²) in [7, 11) is -3.73. The number of amides is 1. The predicted octanol–water partition coefficient (Wildman–Crippen LogP) is 1.70. The normalized spacial score (nSPS) is 19.9. The van der Waals surface area contributed by atoms with Gasteiger partial charge < -0.3 is 10.1 Å². The highest BCUT2D eigenvalue weighted by Crippen LogP contribution is 2.24. The number of morpholine rings is 1. The topological polar surface area (TPSA) is 79.0 Å². The van der Waals surface area contributed by atoms with Gasteiger partial charge in [0.25, 0.3) is 5.91 Å². The number of nitrogens with one attached hydrogen (secondary N) is 1. The second kappa shape index (κ2) is 9.97. The summed E-state index contributed by atoms with van der Waals surface area (Å²) >= 11 is 0. The predicted molar refractivity (Wildman–Crippen MR) is 108 cm³/mol. The van der Waals surface area contributed by atoms with E-state index in [9.17, 15) is 17.6 Å². The minimum absolute atomic E-state index is 0.0353. The number of hydrogen-bond donors (Lipinski definition) is 1. The Morgan fingerprint density at radius 2 is 1.90 bits per heavy atom. The number of halogens is 1. The number of benzene rings is 1. The maximum atomic E-state index is 14.2. The van der Waals surface area contributed by atoms with Crippen molar-refractivity contribution in [3.63, 3.8) is 0 Å². The van der Waals surface area contributed by atoms with Gasteiger partial charge in [-0.2, -0.15) is 4.31 Å². The quantitative estimate of drug-likeness (QED) is 0.670. The number of ether oxygens (including phenoxy) is 1. The molecular formula is C20H30FN3O4S. The van der Waals surface area contributed by atoms with Crippen molar-refractivity contribution in [3.05, 3.63) is 29.6 Å². The van der Waals surface area contributed by atoms with Gasteiger partial charge in [0.15, 0.2) is 0 Å². The molecule has 2 heterocycles. The van der Waals surface area contributed by atoms with E-state index in [0.717, 1.165) is 64.2 Å². The minimum atomic E-state index is -3.73. The lowest BCUT2D eigenvalue weighted by Crippen LogP contribution is -2.38. The Hall–Kier alpha value is -1.55. The average Bonchev–Trinajstić information content (AvgIpc) is 2.72. The fraction of sp³-hybridized carbons (Fsp3) is 0.650. The zero-order chi connectivity index (χ0) is 20.9. The minimum Gasteiger partial charge on any atom is -0.379 e. The summed E-state index contributed by atoms with van der Waals surface area (Å²) in [5.41, 5.74) is -0.233. The Labute approximate surface area is 172 Å². The summed E-state index contributed by atoms with van der Waals surface area (Å²) in [6, 6.07) is 3.44. The largest absolute Gasteiger partial charge is 0.379 e. The molecule has 1 aromatic rings. The van der Waals surface area contributed by atoms with Gasteiger partial charge in [0, 0.05) is 32.7 Å². The molecule has 29 heavy (non-hydrogen) atoms. The smallest absolute Gasteiger partial charge is 0.254 e. The summed E-state index contributed by atoms with van der Waals surface area (Å²) in [4.78, 5) is 14.6. The van der Waals surface area contributed by atoms with Crippen LogP contribution in [-0.4, -0.2) is 76.0 Å². The number of rotatable bonds is 7. The van der Waals surface area contributed by atoms with Gasteiger partial charge in [0.1, 0.15) is 5.82 Å². The third-order valence-corrected chi connectivity index (χ3v) is 7.50. The Morgan fingerprint density at radius 1 is 1.21 bits per heavy atom. The van der Waals surface area contributed by atoms with Crippen LogP contribution in [0, 0.1) is 11.7 Å². The van der Waals surface area contributed by atoms with Crippen LogP contribution in [0.4, 0.5) is 4.39 Å². The standard InChI is InChI=1S/C20H30FN3O4S/c1-16-5-9-24(10-6-16)29(26,27)17-3-4-19(21)18(15-17)20(25)22-7-2-8-23-11-13-28-14-12-23/h3-4,15-16H,2,5-14H2,1H3,(H,22,25). The van der Waals surface area contributed by atoms with Crippen LogP contribution in [0.25, 0.3) is 0 Å². The van der Waals surface area contributed by atoms with Crippen molar-refractivity contribution < 1.29 is 22.3 Å².